The Hall–Kier alpha value is -1.66. The van der Waals surface area contributed by atoms with Crippen molar-refractivity contribution in [3.63, 3.8) is 0 Å². The molecule has 0 radical (unpaired) electrons. The first-order chi connectivity index (χ1) is 42.5. The zero-order chi connectivity index (χ0) is 62.0. The first kappa shape index (κ1) is 84.3. The smallest absolute Gasteiger partial charge is 0.305 e. The minimum Gasteiger partial charge on any atom is -0.466 e. The van der Waals surface area contributed by atoms with Crippen molar-refractivity contribution in [2.75, 3.05) is 13.2 Å². The highest BCUT2D eigenvalue weighted by molar-refractivity contribution is 5.76. The van der Waals surface area contributed by atoms with Crippen LogP contribution in [0.2, 0.25) is 0 Å². The summed E-state index contributed by atoms with van der Waals surface area (Å²) in [7, 11) is 0. The van der Waals surface area contributed by atoms with E-state index in [4.69, 9.17) is 4.74 Å². The molecule has 0 saturated carbocycles. The summed E-state index contributed by atoms with van der Waals surface area (Å²) in [5.74, 6) is -0.0404. The lowest BCUT2D eigenvalue weighted by molar-refractivity contribution is -0.143. The molecule has 2 atom stereocenters. The van der Waals surface area contributed by atoms with Gasteiger partial charge in [-0.2, -0.15) is 0 Å². The van der Waals surface area contributed by atoms with Crippen molar-refractivity contribution in [1.82, 2.24) is 5.32 Å². The van der Waals surface area contributed by atoms with Crippen LogP contribution in [-0.2, 0) is 14.3 Å². The van der Waals surface area contributed by atoms with Crippen molar-refractivity contribution in [3.8, 4) is 0 Å². The first-order valence-corrected chi connectivity index (χ1v) is 39.6. The van der Waals surface area contributed by atoms with Gasteiger partial charge < -0.3 is 20.3 Å². The van der Waals surface area contributed by atoms with Gasteiger partial charge in [0.25, 0.3) is 0 Å². The third kappa shape index (κ3) is 71.4. The third-order valence-electron chi connectivity index (χ3n) is 18.7. The molecule has 0 saturated heterocycles. The monoisotopic (exact) mass is 1210 g/mol. The van der Waals surface area contributed by atoms with E-state index in [0.29, 0.717) is 19.4 Å². The molecule has 0 rings (SSSR count). The van der Waals surface area contributed by atoms with E-state index in [1.54, 1.807) is 6.08 Å². The maximum Gasteiger partial charge on any atom is 0.305 e. The van der Waals surface area contributed by atoms with Crippen LogP contribution < -0.4 is 5.32 Å². The van der Waals surface area contributed by atoms with Crippen LogP contribution in [0.3, 0.4) is 0 Å². The molecule has 0 aliphatic heterocycles. The highest BCUT2D eigenvalue weighted by atomic mass is 16.5. The summed E-state index contributed by atoms with van der Waals surface area (Å²) in [6.45, 7) is 4.96. The lowest BCUT2D eigenvalue weighted by atomic mass is 10.0. The Labute approximate surface area is 539 Å². The van der Waals surface area contributed by atoms with Crippen molar-refractivity contribution in [2.45, 2.75) is 463 Å². The van der Waals surface area contributed by atoms with E-state index in [2.05, 4.69) is 31.3 Å². The standard InChI is InChI=1S/C80H155NO5/c1-3-5-7-9-11-13-15-17-19-20-21-22-23-32-35-38-41-45-48-52-56-60-64-68-72-78(83)77(76-82)81-79(84)73-69-65-61-57-53-49-46-42-39-36-33-30-28-26-24-25-27-29-31-34-37-40-43-47-51-55-59-63-67-71-75-86-80(85)74-70-66-62-58-54-50-44-18-16-14-12-10-8-6-4-2/h25,27,68,72,77-78,82-83H,3-24,26,28-67,69-71,73-76H2,1-2H3,(H,81,84)/b27-25-,72-68+. The highest BCUT2D eigenvalue weighted by Gasteiger charge is 2.18. The second-order valence-electron chi connectivity index (χ2n) is 27.4. The summed E-state index contributed by atoms with van der Waals surface area (Å²) >= 11 is 0. The minimum absolute atomic E-state index is 0.0208. The normalized spacial score (nSPS) is 12.6. The molecule has 0 aromatic rings. The number of hydrogen-bond donors (Lipinski definition) is 3. The largest absolute Gasteiger partial charge is 0.466 e. The van der Waals surface area contributed by atoms with Gasteiger partial charge in [0.2, 0.25) is 5.91 Å². The molecule has 0 bridgehead atoms. The van der Waals surface area contributed by atoms with Gasteiger partial charge in [-0.15, -0.1) is 0 Å². The summed E-state index contributed by atoms with van der Waals surface area (Å²) in [5, 5.41) is 23.3. The number of nitrogens with one attached hydrogen (secondary N) is 1. The average molecular weight is 1210 g/mol. The number of rotatable bonds is 75. The van der Waals surface area contributed by atoms with Gasteiger partial charge in [-0.05, 0) is 57.8 Å². The molecule has 0 spiro atoms. The maximum atomic E-state index is 12.6. The first-order valence-electron chi connectivity index (χ1n) is 39.6. The van der Waals surface area contributed by atoms with Crippen LogP contribution in [0.5, 0.6) is 0 Å². The molecule has 0 fully saturated rings. The van der Waals surface area contributed by atoms with Gasteiger partial charge in [-0.3, -0.25) is 9.59 Å². The van der Waals surface area contributed by atoms with E-state index in [-0.39, 0.29) is 18.5 Å². The number of aliphatic hydroxyl groups is 2. The molecule has 0 aliphatic rings. The van der Waals surface area contributed by atoms with Gasteiger partial charge in [0.1, 0.15) is 0 Å². The zero-order valence-electron chi connectivity index (χ0n) is 58.6. The Bertz CT molecular complexity index is 1350. The molecule has 0 aromatic carbocycles. The van der Waals surface area contributed by atoms with Crippen molar-refractivity contribution in [2.24, 2.45) is 0 Å². The van der Waals surface area contributed by atoms with Crippen molar-refractivity contribution >= 4 is 11.9 Å². The molecule has 3 N–H and O–H groups in total. The van der Waals surface area contributed by atoms with Gasteiger partial charge in [0.15, 0.2) is 0 Å². The van der Waals surface area contributed by atoms with E-state index >= 15 is 0 Å². The fraction of sp³-hybridized carbons (Fsp3) is 0.925. The Morgan fingerprint density at radius 2 is 0.547 bits per heavy atom. The second-order valence-corrected chi connectivity index (χ2v) is 27.4. The molecule has 1 amide bonds. The Balaban J connectivity index is 3.38. The van der Waals surface area contributed by atoms with Crippen LogP contribution in [0.25, 0.3) is 0 Å². The number of carbonyl (C=O) groups is 2. The van der Waals surface area contributed by atoms with Crippen LogP contribution in [0.4, 0.5) is 0 Å². The number of amides is 1. The predicted molar refractivity (Wildman–Crippen MR) is 380 cm³/mol. The number of unbranched alkanes of at least 4 members (excludes halogenated alkanes) is 62. The number of hydrogen-bond acceptors (Lipinski definition) is 5. The summed E-state index contributed by atoms with van der Waals surface area (Å²) < 4.78 is 5.50. The second kappa shape index (κ2) is 75.8. The van der Waals surface area contributed by atoms with Gasteiger partial charge in [0.05, 0.1) is 25.4 Å². The number of ether oxygens (including phenoxy) is 1. The predicted octanol–water partition coefficient (Wildman–Crippen LogP) is 26.0. The number of carbonyl (C=O) groups excluding carboxylic acids is 2. The summed E-state index contributed by atoms with van der Waals surface area (Å²) in [4.78, 5) is 24.6. The minimum atomic E-state index is -0.845. The molecular formula is C80H155NO5. The van der Waals surface area contributed by atoms with Crippen LogP contribution in [-0.4, -0.2) is 47.4 Å². The van der Waals surface area contributed by atoms with Crippen LogP contribution in [0.15, 0.2) is 24.3 Å². The van der Waals surface area contributed by atoms with E-state index in [9.17, 15) is 19.8 Å². The molecule has 510 valence electrons. The fourth-order valence-corrected chi connectivity index (χ4v) is 12.7. The summed E-state index contributed by atoms with van der Waals surface area (Å²) in [6, 6.07) is -0.628. The van der Waals surface area contributed by atoms with Crippen molar-refractivity contribution < 1.29 is 24.5 Å². The molecule has 86 heavy (non-hydrogen) atoms. The van der Waals surface area contributed by atoms with E-state index in [1.165, 1.54) is 385 Å². The number of esters is 1. The van der Waals surface area contributed by atoms with Crippen LogP contribution >= 0.6 is 0 Å². The Kier molecular flexibility index (Phi) is 74.3. The van der Waals surface area contributed by atoms with E-state index < -0.39 is 12.1 Å². The van der Waals surface area contributed by atoms with Gasteiger partial charge in [0, 0.05) is 12.8 Å². The average Bonchev–Trinajstić information content (AvgIpc) is 3.52. The molecule has 0 aromatic heterocycles. The van der Waals surface area contributed by atoms with E-state index in [0.717, 1.165) is 38.5 Å². The molecule has 2 unspecified atom stereocenters. The fourth-order valence-electron chi connectivity index (χ4n) is 12.7. The van der Waals surface area contributed by atoms with Crippen LogP contribution in [0, 0.1) is 0 Å². The van der Waals surface area contributed by atoms with Gasteiger partial charge in [-0.1, -0.05) is 404 Å². The van der Waals surface area contributed by atoms with Crippen molar-refractivity contribution in [3.05, 3.63) is 24.3 Å². The van der Waals surface area contributed by atoms with Gasteiger partial charge >= 0.3 is 5.97 Å². The quantitative estimate of drug-likeness (QED) is 0.0320. The summed E-state index contributed by atoms with van der Waals surface area (Å²) in [6.07, 6.45) is 97.3. The lowest BCUT2D eigenvalue weighted by Gasteiger charge is -2.20. The molecule has 6 heteroatoms. The Morgan fingerprint density at radius 1 is 0.314 bits per heavy atom. The molecule has 0 aliphatic carbocycles. The third-order valence-corrected chi connectivity index (χ3v) is 18.7. The topological polar surface area (TPSA) is 95.9 Å². The number of allylic oxidation sites excluding steroid dienone is 3. The van der Waals surface area contributed by atoms with Crippen molar-refractivity contribution in [1.29, 1.82) is 0 Å². The molecule has 0 heterocycles. The van der Waals surface area contributed by atoms with Gasteiger partial charge in [-0.25, -0.2) is 0 Å². The van der Waals surface area contributed by atoms with Crippen LogP contribution in [0.1, 0.15) is 450 Å². The maximum absolute atomic E-state index is 12.6. The molecular weight excluding hydrogens is 1050 g/mol. The molecule has 6 nitrogen and oxygen atoms in total. The Morgan fingerprint density at radius 3 is 0.826 bits per heavy atom. The van der Waals surface area contributed by atoms with E-state index in [1.807, 2.05) is 6.08 Å². The zero-order valence-corrected chi connectivity index (χ0v) is 58.6. The highest BCUT2D eigenvalue weighted by Crippen LogP contribution is 2.20. The summed E-state index contributed by atoms with van der Waals surface area (Å²) in [5.41, 5.74) is 0. The lowest BCUT2D eigenvalue weighted by Crippen LogP contribution is -2.45. The SMILES string of the molecule is CCCCCCCCCCCCCCCCCCCCCCCC/C=C/C(O)C(CO)NC(=O)CCCCCCCCCCCCCCCC/C=C\CCCCCCCCCCCCCCOC(=O)CCCCCCCCCCCCCCCCC. The number of aliphatic hydroxyl groups excluding tert-OH is 2.